The first-order chi connectivity index (χ1) is 6.29. The van der Waals surface area contributed by atoms with Gasteiger partial charge in [0.25, 0.3) is 0 Å². The molecule has 0 radical (unpaired) electrons. The first kappa shape index (κ1) is 12.9. The molecule has 0 aromatic rings. The second-order valence-corrected chi connectivity index (χ2v) is 3.38. The van der Waals surface area contributed by atoms with Gasteiger partial charge in [-0.05, 0) is 45.4 Å². The van der Waals surface area contributed by atoms with Gasteiger partial charge in [0.1, 0.15) is 0 Å². The van der Waals surface area contributed by atoms with Crippen molar-refractivity contribution >= 4 is 0 Å². The standard InChI is InChI=1S/C10H25N3/c1-3-13(4-2)10(7-9-12)6-5-8-11/h10H,3-9,11-12H2,1-2H3. The van der Waals surface area contributed by atoms with Crippen LogP contribution in [0.5, 0.6) is 0 Å². The maximum Gasteiger partial charge on any atom is 0.0107 e. The fourth-order valence-corrected chi connectivity index (χ4v) is 1.80. The maximum atomic E-state index is 5.59. The summed E-state index contributed by atoms with van der Waals surface area (Å²) in [4.78, 5) is 2.47. The lowest BCUT2D eigenvalue weighted by molar-refractivity contribution is 0.196. The summed E-state index contributed by atoms with van der Waals surface area (Å²) in [6, 6.07) is 0.642. The van der Waals surface area contributed by atoms with E-state index in [4.69, 9.17) is 11.5 Å². The molecule has 0 heterocycles. The number of nitrogens with two attached hydrogens (primary N) is 2. The van der Waals surface area contributed by atoms with Crippen molar-refractivity contribution in [2.45, 2.75) is 39.2 Å². The summed E-state index contributed by atoms with van der Waals surface area (Å²) in [5.74, 6) is 0. The van der Waals surface area contributed by atoms with E-state index in [-0.39, 0.29) is 0 Å². The summed E-state index contributed by atoms with van der Waals surface area (Å²) in [6.45, 7) is 8.22. The van der Waals surface area contributed by atoms with Crippen LogP contribution in [0, 0.1) is 0 Å². The molecular formula is C10H25N3. The third-order valence-corrected chi connectivity index (χ3v) is 2.57. The van der Waals surface area contributed by atoms with E-state index in [1.165, 1.54) is 6.42 Å². The maximum absolute atomic E-state index is 5.59. The topological polar surface area (TPSA) is 55.3 Å². The minimum Gasteiger partial charge on any atom is -0.330 e. The molecule has 0 saturated heterocycles. The monoisotopic (exact) mass is 187 g/mol. The second-order valence-electron chi connectivity index (χ2n) is 3.38. The van der Waals surface area contributed by atoms with Crippen LogP contribution in [0.3, 0.4) is 0 Å². The molecule has 4 N–H and O–H groups in total. The molecular weight excluding hydrogens is 162 g/mol. The summed E-state index contributed by atoms with van der Waals surface area (Å²) >= 11 is 0. The van der Waals surface area contributed by atoms with Gasteiger partial charge in [-0.15, -0.1) is 0 Å². The van der Waals surface area contributed by atoms with Crippen LogP contribution in [0.2, 0.25) is 0 Å². The Morgan fingerprint density at radius 1 is 1.00 bits per heavy atom. The van der Waals surface area contributed by atoms with Crippen LogP contribution in [0.15, 0.2) is 0 Å². The quantitative estimate of drug-likeness (QED) is 0.590. The van der Waals surface area contributed by atoms with Crippen molar-refractivity contribution < 1.29 is 0 Å². The molecule has 0 amide bonds. The third-order valence-electron chi connectivity index (χ3n) is 2.57. The van der Waals surface area contributed by atoms with Gasteiger partial charge >= 0.3 is 0 Å². The van der Waals surface area contributed by atoms with Crippen LogP contribution in [-0.2, 0) is 0 Å². The first-order valence-corrected chi connectivity index (χ1v) is 5.44. The summed E-state index contributed by atoms with van der Waals surface area (Å²) in [5.41, 5.74) is 11.1. The molecule has 0 saturated carbocycles. The molecule has 1 atom stereocenters. The zero-order valence-electron chi connectivity index (χ0n) is 9.13. The molecule has 0 fully saturated rings. The molecule has 0 aliphatic carbocycles. The van der Waals surface area contributed by atoms with Gasteiger partial charge in [-0.1, -0.05) is 13.8 Å². The zero-order chi connectivity index (χ0) is 10.1. The Morgan fingerprint density at radius 2 is 1.62 bits per heavy atom. The third kappa shape index (κ3) is 5.24. The minimum atomic E-state index is 0.642. The van der Waals surface area contributed by atoms with Gasteiger partial charge in [0, 0.05) is 6.04 Å². The smallest absolute Gasteiger partial charge is 0.0107 e. The number of rotatable bonds is 8. The van der Waals surface area contributed by atoms with E-state index in [1.807, 2.05) is 0 Å². The molecule has 0 bridgehead atoms. The highest BCUT2D eigenvalue weighted by atomic mass is 15.1. The van der Waals surface area contributed by atoms with E-state index in [2.05, 4.69) is 18.7 Å². The average molecular weight is 187 g/mol. The van der Waals surface area contributed by atoms with E-state index >= 15 is 0 Å². The minimum absolute atomic E-state index is 0.642. The van der Waals surface area contributed by atoms with Crippen molar-refractivity contribution in [3.05, 3.63) is 0 Å². The Morgan fingerprint density at radius 3 is 2.00 bits per heavy atom. The lowest BCUT2D eigenvalue weighted by atomic mass is 10.1. The predicted octanol–water partition coefficient (Wildman–Crippen LogP) is 0.785. The normalized spacial score (nSPS) is 13.6. The zero-order valence-corrected chi connectivity index (χ0v) is 9.13. The SMILES string of the molecule is CCN(CC)C(CCN)CCCN. The summed E-state index contributed by atoms with van der Waals surface area (Å²) in [6.07, 6.45) is 3.40. The Labute approximate surface area is 82.5 Å². The van der Waals surface area contributed by atoms with E-state index < -0.39 is 0 Å². The van der Waals surface area contributed by atoms with Crippen molar-refractivity contribution in [2.24, 2.45) is 11.5 Å². The molecule has 80 valence electrons. The van der Waals surface area contributed by atoms with E-state index in [9.17, 15) is 0 Å². The van der Waals surface area contributed by atoms with Gasteiger partial charge in [-0.3, -0.25) is 0 Å². The molecule has 13 heavy (non-hydrogen) atoms. The molecule has 0 rings (SSSR count). The van der Waals surface area contributed by atoms with Crippen LogP contribution in [0.1, 0.15) is 33.1 Å². The van der Waals surface area contributed by atoms with E-state index in [0.717, 1.165) is 39.0 Å². The lowest BCUT2D eigenvalue weighted by Crippen LogP contribution is -2.36. The lowest BCUT2D eigenvalue weighted by Gasteiger charge is -2.29. The van der Waals surface area contributed by atoms with Crippen molar-refractivity contribution in [1.29, 1.82) is 0 Å². The van der Waals surface area contributed by atoms with Crippen molar-refractivity contribution in [2.75, 3.05) is 26.2 Å². The molecule has 0 aliphatic heterocycles. The van der Waals surface area contributed by atoms with E-state index in [1.54, 1.807) is 0 Å². The van der Waals surface area contributed by atoms with Gasteiger partial charge in [0.2, 0.25) is 0 Å². The Kier molecular flexibility index (Phi) is 8.40. The number of nitrogens with zero attached hydrogens (tertiary/aromatic N) is 1. The summed E-state index contributed by atoms with van der Waals surface area (Å²) in [7, 11) is 0. The molecule has 1 unspecified atom stereocenters. The molecule has 0 aromatic carbocycles. The van der Waals surface area contributed by atoms with Crippen LogP contribution in [0.4, 0.5) is 0 Å². The van der Waals surface area contributed by atoms with Crippen LogP contribution >= 0.6 is 0 Å². The van der Waals surface area contributed by atoms with Crippen molar-refractivity contribution in [3.8, 4) is 0 Å². The first-order valence-electron chi connectivity index (χ1n) is 5.44. The summed E-state index contributed by atoms with van der Waals surface area (Å²) in [5, 5.41) is 0. The average Bonchev–Trinajstić information content (AvgIpc) is 2.16. The van der Waals surface area contributed by atoms with Crippen molar-refractivity contribution in [1.82, 2.24) is 4.90 Å². The highest BCUT2D eigenvalue weighted by Gasteiger charge is 2.13. The van der Waals surface area contributed by atoms with E-state index in [0.29, 0.717) is 6.04 Å². The van der Waals surface area contributed by atoms with Crippen molar-refractivity contribution in [3.63, 3.8) is 0 Å². The van der Waals surface area contributed by atoms with Gasteiger partial charge in [0.05, 0.1) is 0 Å². The second kappa shape index (κ2) is 8.48. The highest BCUT2D eigenvalue weighted by molar-refractivity contribution is 4.70. The molecule has 0 aliphatic rings. The Balaban J connectivity index is 3.88. The summed E-state index contributed by atoms with van der Waals surface area (Å²) < 4.78 is 0. The fraction of sp³-hybridized carbons (Fsp3) is 1.00. The van der Waals surface area contributed by atoms with Gasteiger partial charge in [-0.25, -0.2) is 0 Å². The molecule has 3 heteroatoms. The highest BCUT2D eigenvalue weighted by Crippen LogP contribution is 2.09. The largest absolute Gasteiger partial charge is 0.330 e. The molecule has 0 aromatic heterocycles. The van der Waals surface area contributed by atoms with Crippen LogP contribution < -0.4 is 11.5 Å². The predicted molar refractivity (Wildman–Crippen MR) is 58.7 cm³/mol. The van der Waals surface area contributed by atoms with Crippen LogP contribution in [-0.4, -0.2) is 37.1 Å². The number of hydrogen-bond donors (Lipinski definition) is 2. The molecule has 0 spiro atoms. The Hall–Kier alpha value is -0.120. The molecule has 3 nitrogen and oxygen atoms in total. The fourth-order valence-electron chi connectivity index (χ4n) is 1.80. The van der Waals surface area contributed by atoms with Gasteiger partial charge < -0.3 is 16.4 Å². The Bertz CT molecular complexity index is 102. The number of hydrogen-bond acceptors (Lipinski definition) is 3. The van der Waals surface area contributed by atoms with Gasteiger partial charge in [0.15, 0.2) is 0 Å². The van der Waals surface area contributed by atoms with Gasteiger partial charge in [-0.2, -0.15) is 0 Å². The van der Waals surface area contributed by atoms with Crippen LogP contribution in [0.25, 0.3) is 0 Å².